The number of hydrogen-bond donors (Lipinski definition) is 1. The summed E-state index contributed by atoms with van der Waals surface area (Å²) in [4.78, 5) is 11.1. The maximum Gasteiger partial charge on any atom is 0.337 e. The van der Waals surface area contributed by atoms with E-state index in [0.717, 1.165) is 18.9 Å². The Hall–Kier alpha value is -0.890. The fraction of sp³-hybridized carbons (Fsp3) is 0.308. The quantitative estimate of drug-likeness (QED) is 0.752. The van der Waals surface area contributed by atoms with Gasteiger partial charge in [-0.15, -0.1) is 6.58 Å². The van der Waals surface area contributed by atoms with Gasteiger partial charge in [-0.1, -0.05) is 17.7 Å². The average molecular weight is 395 g/mol. The van der Waals surface area contributed by atoms with Crippen molar-refractivity contribution < 1.29 is 18.3 Å². The van der Waals surface area contributed by atoms with Crippen molar-refractivity contribution in [3.63, 3.8) is 0 Å². The molecule has 5 nitrogen and oxygen atoms in total. The van der Waals surface area contributed by atoms with Crippen molar-refractivity contribution in [2.45, 2.75) is 23.8 Å². The van der Waals surface area contributed by atoms with Crippen molar-refractivity contribution in [2.24, 2.45) is 0 Å². The van der Waals surface area contributed by atoms with E-state index in [0.29, 0.717) is 0 Å². The Kier molecular flexibility index (Phi) is 4.77. The van der Waals surface area contributed by atoms with Gasteiger partial charge < -0.3 is 5.11 Å². The number of aromatic carboxylic acids is 1. The maximum atomic E-state index is 12.7. The minimum Gasteiger partial charge on any atom is -0.478 e. The highest BCUT2D eigenvalue weighted by molar-refractivity contribution is 9.10. The molecule has 2 rings (SSSR count). The predicted octanol–water partition coefficient (Wildman–Crippen LogP) is 3.14. The number of benzene rings is 1. The fourth-order valence-electron chi connectivity index (χ4n) is 1.94. The van der Waals surface area contributed by atoms with Gasteiger partial charge in [-0.3, -0.25) is 0 Å². The van der Waals surface area contributed by atoms with Crippen LogP contribution in [0, 0.1) is 0 Å². The topological polar surface area (TPSA) is 74.7 Å². The molecular formula is C13H13BrClNO4S. The lowest BCUT2D eigenvalue weighted by molar-refractivity contribution is 0.0696. The van der Waals surface area contributed by atoms with Gasteiger partial charge in [0.1, 0.15) is 0 Å². The molecule has 0 bridgehead atoms. The minimum atomic E-state index is -3.79. The molecule has 21 heavy (non-hydrogen) atoms. The summed E-state index contributed by atoms with van der Waals surface area (Å²) in [6.07, 6.45) is 3.11. The summed E-state index contributed by atoms with van der Waals surface area (Å²) in [6.45, 7) is 3.75. The van der Waals surface area contributed by atoms with Gasteiger partial charge in [0.2, 0.25) is 10.0 Å². The number of carbonyl (C=O) groups is 1. The normalized spacial score (nSPS) is 15.2. The Morgan fingerprint density at radius 3 is 2.62 bits per heavy atom. The molecule has 0 aliphatic heterocycles. The van der Waals surface area contributed by atoms with E-state index in [9.17, 15) is 13.2 Å². The summed E-state index contributed by atoms with van der Waals surface area (Å²) in [5.74, 6) is -1.28. The van der Waals surface area contributed by atoms with E-state index < -0.39 is 16.0 Å². The maximum absolute atomic E-state index is 12.7. The Morgan fingerprint density at radius 2 is 2.14 bits per heavy atom. The second-order valence-electron chi connectivity index (χ2n) is 4.67. The highest BCUT2D eigenvalue weighted by Crippen LogP contribution is 2.35. The molecule has 0 spiro atoms. The van der Waals surface area contributed by atoms with E-state index in [1.54, 1.807) is 0 Å². The number of sulfonamides is 1. The van der Waals surface area contributed by atoms with Crippen molar-refractivity contribution in [2.75, 3.05) is 6.54 Å². The highest BCUT2D eigenvalue weighted by Gasteiger charge is 2.37. The van der Waals surface area contributed by atoms with Crippen LogP contribution in [0.5, 0.6) is 0 Å². The third-order valence-electron chi connectivity index (χ3n) is 3.10. The molecule has 1 aliphatic rings. The molecule has 0 unspecified atom stereocenters. The Labute approximate surface area is 136 Å². The van der Waals surface area contributed by atoms with Gasteiger partial charge in [0.15, 0.2) is 0 Å². The minimum absolute atomic E-state index is 0.0249. The molecule has 1 N–H and O–H groups in total. The van der Waals surface area contributed by atoms with Gasteiger partial charge in [0.05, 0.1) is 15.5 Å². The summed E-state index contributed by atoms with van der Waals surface area (Å²) in [5, 5.41) is 9.09. The van der Waals surface area contributed by atoms with Crippen LogP contribution in [-0.2, 0) is 10.0 Å². The molecule has 0 atom stereocenters. The van der Waals surface area contributed by atoms with Crippen LogP contribution in [0.25, 0.3) is 0 Å². The lowest BCUT2D eigenvalue weighted by Crippen LogP contribution is -2.33. The van der Waals surface area contributed by atoms with Gasteiger partial charge >= 0.3 is 5.97 Å². The fourth-order valence-corrected chi connectivity index (χ4v) is 4.45. The molecule has 0 radical (unpaired) electrons. The van der Waals surface area contributed by atoms with Crippen LogP contribution in [0.4, 0.5) is 0 Å². The van der Waals surface area contributed by atoms with E-state index in [1.165, 1.54) is 16.4 Å². The summed E-state index contributed by atoms with van der Waals surface area (Å²) in [6, 6.07) is 2.36. The van der Waals surface area contributed by atoms with Gasteiger partial charge in [0.25, 0.3) is 0 Å². The first-order valence-corrected chi connectivity index (χ1v) is 8.75. The zero-order chi connectivity index (χ0) is 15.8. The third-order valence-corrected chi connectivity index (χ3v) is 6.26. The molecule has 0 heterocycles. The summed E-state index contributed by atoms with van der Waals surface area (Å²) < 4.78 is 26.9. The predicted molar refractivity (Wildman–Crippen MR) is 83.2 cm³/mol. The number of hydrogen-bond acceptors (Lipinski definition) is 3. The largest absolute Gasteiger partial charge is 0.478 e. The molecule has 8 heteroatoms. The lowest BCUT2D eigenvalue weighted by Gasteiger charge is -2.21. The third kappa shape index (κ3) is 3.31. The Bertz CT molecular complexity index is 700. The lowest BCUT2D eigenvalue weighted by atomic mass is 10.2. The molecule has 1 aliphatic carbocycles. The van der Waals surface area contributed by atoms with Gasteiger partial charge in [-0.2, -0.15) is 4.31 Å². The molecule has 1 aromatic carbocycles. The van der Waals surface area contributed by atoms with Crippen molar-refractivity contribution in [3.05, 3.63) is 39.8 Å². The van der Waals surface area contributed by atoms with Gasteiger partial charge in [-0.25, -0.2) is 13.2 Å². The van der Waals surface area contributed by atoms with Crippen molar-refractivity contribution in [1.82, 2.24) is 4.31 Å². The molecule has 1 fully saturated rings. The molecule has 1 aromatic rings. The van der Waals surface area contributed by atoms with Crippen molar-refractivity contribution >= 4 is 43.5 Å². The SMILES string of the molecule is C=CCN(C1CC1)S(=O)(=O)c1cc(Br)c(Cl)c(C(=O)O)c1. The molecule has 0 saturated heterocycles. The first-order valence-electron chi connectivity index (χ1n) is 6.14. The van der Waals surface area contributed by atoms with E-state index in [2.05, 4.69) is 22.5 Å². The average Bonchev–Trinajstić information content (AvgIpc) is 3.22. The second-order valence-corrected chi connectivity index (χ2v) is 7.79. The van der Waals surface area contributed by atoms with Crippen molar-refractivity contribution in [3.8, 4) is 0 Å². The Balaban J connectivity index is 2.53. The van der Waals surface area contributed by atoms with Crippen LogP contribution < -0.4 is 0 Å². The number of halogens is 2. The zero-order valence-corrected chi connectivity index (χ0v) is 14.1. The number of rotatable bonds is 6. The van der Waals surface area contributed by atoms with Crippen LogP contribution in [0.2, 0.25) is 5.02 Å². The first-order chi connectivity index (χ1) is 9.78. The number of carboxylic acid groups (broad SMARTS) is 1. The van der Waals surface area contributed by atoms with Gasteiger partial charge in [0, 0.05) is 17.1 Å². The zero-order valence-electron chi connectivity index (χ0n) is 10.9. The summed E-state index contributed by atoms with van der Waals surface area (Å²) in [5.41, 5.74) is -0.251. The van der Waals surface area contributed by atoms with Crippen LogP contribution in [-0.4, -0.2) is 36.4 Å². The molecule has 0 amide bonds. The number of nitrogens with zero attached hydrogens (tertiary/aromatic N) is 1. The summed E-state index contributed by atoms with van der Waals surface area (Å²) >= 11 is 8.97. The van der Waals surface area contributed by atoms with E-state index in [1.807, 2.05) is 0 Å². The number of carboxylic acids is 1. The first kappa shape index (κ1) is 16.5. The van der Waals surface area contributed by atoms with Crippen molar-refractivity contribution in [1.29, 1.82) is 0 Å². The van der Waals surface area contributed by atoms with E-state index in [4.69, 9.17) is 16.7 Å². The summed E-state index contributed by atoms with van der Waals surface area (Å²) in [7, 11) is -3.79. The van der Waals surface area contributed by atoms with E-state index in [-0.39, 0.29) is 32.5 Å². The monoisotopic (exact) mass is 393 g/mol. The van der Waals surface area contributed by atoms with E-state index >= 15 is 0 Å². The molecule has 1 saturated carbocycles. The molecule has 114 valence electrons. The van der Waals surface area contributed by atoms with Crippen LogP contribution in [0.1, 0.15) is 23.2 Å². The van der Waals surface area contributed by atoms with Crippen LogP contribution >= 0.6 is 27.5 Å². The second kappa shape index (κ2) is 6.08. The molecular weight excluding hydrogens is 382 g/mol. The Morgan fingerprint density at radius 1 is 1.52 bits per heavy atom. The van der Waals surface area contributed by atoms with Crippen LogP contribution in [0.3, 0.4) is 0 Å². The van der Waals surface area contributed by atoms with Gasteiger partial charge in [-0.05, 0) is 40.9 Å². The van der Waals surface area contributed by atoms with Crippen LogP contribution in [0.15, 0.2) is 34.2 Å². The standard InChI is InChI=1S/C13H13BrClNO4S/c1-2-5-16(8-3-4-8)21(19,20)9-6-10(13(17)18)12(15)11(14)7-9/h2,6-8H,1,3-5H2,(H,17,18). The smallest absolute Gasteiger partial charge is 0.337 e. The molecule has 0 aromatic heterocycles. The highest BCUT2D eigenvalue weighted by atomic mass is 79.9.